The fourth-order valence-electron chi connectivity index (χ4n) is 0.919. The van der Waals surface area contributed by atoms with Gasteiger partial charge >= 0.3 is 0 Å². The maximum Gasteiger partial charge on any atom is 0.161 e. The Morgan fingerprint density at radius 3 is 2.55 bits per heavy atom. The van der Waals surface area contributed by atoms with Gasteiger partial charge in [-0.1, -0.05) is 20.8 Å². The van der Waals surface area contributed by atoms with E-state index in [1.807, 2.05) is 5.38 Å². The molecule has 0 spiro atoms. The third kappa shape index (κ3) is 2.75. The molecule has 0 radical (unpaired) electrons. The van der Waals surface area contributed by atoms with Crippen molar-refractivity contribution in [1.82, 2.24) is 4.57 Å². The van der Waals surface area contributed by atoms with Crippen LogP contribution in [-0.4, -0.2) is 4.57 Å². The Hall–Kier alpha value is -0.150. The molecule has 0 saturated carbocycles. The molecule has 0 aliphatic carbocycles. The molecule has 1 aromatic rings. The van der Waals surface area contributed by atoms with Crippen LogP contribution in [-0.2, 0) is 6.54 Å². The van der Waals surface area contributed by atoms with Crippen LogP contribution in [0.15, 0.2) is 11.6 Å². The lowest BCUT2D eigenvalue weighted by molar-refractivity contribution is 0.343. The summed E-state index contributed by atoms with van der Waals surface area (Å²) in [6.45, 7) is 7.65. The molecule has 1 nitrogen and oxygen atoms in total. The van der Waals surface area contributed by atoms with Crippen molar-refractivity contribution in [3.8, 4) is 0 Å². The van der Waals surface area contributed by atoms with Gasteiger partial charge in [0.2, 0.25) is 0 Å². The van der Waals surface area contributed by atoms with Crippen molar-refractivity contribution in [2.45, 2.75) is 27.3 Å². The summed E-state index contributed by atoms with van der Waals surface area (Å²) in [5, 5.41) is 2.04. The van der Waals surface area contributed by atoms with Crippen molar-refractivity contribution < 1.29 is 0 Å². The standard InChI is InChI=1S/C8H13NS2/c1-8(2,3)6-9-4-5-11-7(9)10/h4-5H,6H2,1-3H3. The second kappa shape index (κ2) is 3.07. The average Bonchev–Trinajstić information content (AvgIpc) is 2.12. The highest BCUT2D eigenvalue weighted by Crippen LogP contribution is 2.17. The molecule has 3 heteroatoms. The second-order valence-corrected chi connectivity index (χ2v) is 5.40. The summed E-state index contributed by atoms with van der Waals surface area (Å²) in [5.41, 5.74) is 0.319. The van der Waals surface area contributed by atoms with Crippen LogP contribution in [0.3, 0.4) is 0 Å². The highest BCUT2D eigenvalue weighted by Gasteiger charge is 2.10. The Morgan fingerprint density at radius 1 is 1.55 bits per heavy atom. The van der Waals surface area contributed by atoms with Crippen molar-refractivity contribution in [1.29, 1.82) is 0 Å². The molecular formula is C8H13NS2. The lowest BCUT2D eigenvalue weighted by Crippen LogP contribution is -2.14. The van der Waals surface area contributed by atoms with Crippen molar-refractivity contribution in [3.63, 3.8) is 0 Å². The number of rotatable bonds is 1. The largest absolute Gasteiger partial charge is 0.330 e. The van der Waals surface area contributed by atoms with E-state index in [4.69, 9.17) is 12.2 Å². The molecule has 0 fully saturated rings. The van der Waals surface area contributed by atoms with E-state index in [9.17, 15) is 0 Å². The SMILES string of the molecule is CC(C)(C)Cn1ccsc1=S. The number of nitrogens with zero attached hydrogens (tertiary/aromatic N) is 1. The Labute approximate surface area is 76.7 Å². The molecule has 0 unspecified atom stereocenters. The predicted molar refractivity (Wildman–Crippen MR) is 52.6 cm³/mol. The Morgan fingerprint density at radius 2 is 2.18 bits per heavy atom. The minimum Gasteiger partial charge on any atom is -0.330 e. The minimum absolute atomic E-state index is 0.319. The van der Waals surface area contributed by atoms with Crippen molar-refractivity contribution in [2.75, 3.05) is 0 Å². The van der Waals surface area contributed by atoms with E-state index in [-0.39, 0.29) is 0 Å². The predicted octanol–water partition coefficient (Wildman–Crippen LogP) is 3.33. The Bertz CT molecular complexity index is 277. The van der Waals surface area contributed by atoms with E-state index < -0.39 is 0 Å². The first-order valence-electron chi connectivity index (χ1n) is 3.63. The molecule has 1 rings (SSSR count). The lowest BCUT2D eigenvalue weighted by atomic mass is 9.97. The molecule has 0 aromatic carbocycles. The van der Waals surface area contributed by atoms with Gasteiger partial charge in [-0.25, -0.2) is 0 Å². The van der Waals surface area contributed by atoms with Gasteiger partial charge in [-0.15, -0.1) is 11.3 Å². The van der Waals surface area contributed by atoms with Gasteiger partial charge in [0, 0.05) is 18.1 Å². The summed E-state index contributed by atoms with van der Waals surface area (Å²) in [5.74, 6) is 0. The fraction of sp³-hybridized carbons (Fsp3) is 0.625. The van der Waals surface area contributed by atoms with E-state index in [0.717, 1.165) is 10.5 Å². The summed E-state index contributed by atoms with van der Waals surface area (Å²) < 4.78 is 3.10. The Kier molecular flexibility index (Phi) is 2.50. The third-order valence-electron chi connectivity index (χ3n) is 1.29. The molecule has 0 saturated heterocycles. The van der Waals surface area contributed by atoms with Gasteiger partial charge in [0.15, 0.2) is 3.95 Å². The first kappa shape index (κ1) is 8.94. The van der Waals surface area contributed by atoms with Crippen LogP contribution in [0.1, 0.15) is 20.8 Å². The van der Waals surface area contributed by atoms with Gasteiger partial charge in [-0.2, -0.15) is 0 Å². The van der Waals surface area contributed by atoms with Crippen LogP contribution in [0.4, 0.5) is 0 Å². The van der Waals surface area contributed by atoms with E-state index in [0.29, 0.717) is 5.41 Å². The molecule has 62 valence electrons. The van der Waals surface area contributed by atoms with E-state index in [1.165, 1.54) is 0 Å². The maximum atomic E-state index is 5.13. The topological polar surface area (TPSA) is 4.93 Å². The highest BCUT2D eigenvalue weighted by atomic mass is 32.1. The molecule has 0 N–H and O–H groups in total. The summed E-state index contributed by atoms with van der Waals surface area (Å²) >= 11 is 6.76. The van der Waals surface area contributed by atoms with Crippen LogP contribution in [0.5, 0.6) is 0 Å². The monoisotopic (exact) mass is 187 g/mol. The number of hydrogen-bond donors (Lipinski definition) is 0. The van der Waals surface area contributed by atoms with Gasteiger partial charge < -0.3 is 4.57 Å². The molecule has 11 heavy (non-hydrogen) atoms. The molecule has 0 amide bonds. The van der Waals surface area contributed by atoms with E-state index in [1.54, 1.807) is 11.3 Å². The zero-order chi connectivity index (χ0) is 8.48. The average molecular weight is 187 g/mol. The lowest BCUT2D eigenvalue weighted by Gasteiger charge is -2.18. The third-order valence-corrected chi connectivity index (χ3v) is 2.51. The van der Waals surface area contributed by atoms with Crippen molar-refractivity contribution in [3.05, 3.63) is 15.5 Å². The quantitative estimate of drug-likeness (QED) is 0.611. The second-order valence-electron chi connectivity index (χ2n) is 3.86. The van der Waals surface area contributed by atoms with Crippen LogP contribution in [0.25, 0.3) is 0 Å². The van der Waals surface area contributed by atoms with Crippen LogP contribution < -0.4 is 0 Å². The molecule has 1 heterocycles. The van der Waals surface area contributed by atoms with Gasteiger partial charge in [0.05, 0.1) is 0 Å². The van der Waals surface area contributed by atoms with Gasteiger partial charge in [-0.05, 0) is 17.6 Å². The van der Waals surface area contributed by atoms with Crippen molar-refractivity contribution in [2.24, 2.45) is 5.41 Å². The van der Waals surface area contributed by atoms with Crippen LogP contribution >= 0.6 is 23.6 Å². The Balaban J connectivity index is 2.80. The summed E-state index contributed by atoms with van der Waals surface area (Å²) in [6, 6.07) is 0. The summed E-state index contributed by atoms with van der Waals surface area (Å²) in [6.07, 6.45) is 2.05. The smallest absolute Gasteiger partial charge is 0.161 e. The van der Waals surface area contributed by atoms with Crippen LogP contribution in [0, 0.1) is 9.37 Å². The van der Waals surface area contributed by atoms with E-state index >= 15 is 0 Å². The summed E-state index contributed by atoms with van der Waals surface area (Å²) in [4.78, 5) is 0. The first-order chi connectivity index (χ1) is 4.99. The molecular weight excluding hydrogens is 174 g/mol. The number of thiazole rings is 1. The van der Waals surface area contributed by atoms with Gasteiger partial charge in [0.25, 0.3) is 0 Å². The molecule has 0 bridgehead atoms. The molecule has 0 aliphatic rings. The molecule has 0 atom stereocenters. The van der Waals surface area contributed by atoms with E-state index in [2.05, 4.69) is 31.5 Å². The van der Waals surface area contributed by atoms with Gasteiger partial charge in [0.1, 0.15) is 0 Å². The fourth-order valence-corrected chi connectivity index (χ4v) is 1.80. The highest BCUT2D eigenvalue weighted by molar-refractivity contribution is 7.73. The minimum atomic E-state index is 0.319. The maximum absolute atomic E-state index is 5.13. The zero-order valence-electron chi connectivity index (χ0n) is 7.13. The normalized spacial score (nSPS) is 11.9. The number of aromatic nitrogens is 1. The molecule has 1 aromatic heterocycles. The van der Waals surface area contributed by atoms with Crippen LogP contribution in [0.2, 0.25) is 0 Å². The molecule has 0 aliphatic heterocycles. The zero-order valence-corrected chi connectivity index (χ0v) is 8.76. The van der Waals surface area contributed by atoms with Gasteiger partial charge in [-0.3, -0.25) is 0 Å². The first-order valence-corrected chi connectivity index (χ1v) is 4.92. The number of hydrogen-bond acceptors (Lipinski definition) is 2. The summed E-state index contributed by atoms with van der Waals surface area (Å²) in [7, 11) is 0. The van der Waals surface area contributed by atoms with Crippen molar-refractivity contribution >= 4 is 23.6 Å².